The molecule has 0 aliphatic carbocycles. The van der Waals surface area contributed by atoms with Crippen molar-refractivity contribution in [2.24, 2.45) is 13.0 Å². The molecule has 1 heterocycles. The molecule has 0 bridgehead atoms. The molecule has 1 N–H and O–H groups in total. The third-order valence-electron chi connectivity index (χ3n) is 6.15. The molecule has 1 unspecified atom stereocenters. The van der Waals surface area contributed by atoms with Crippen LogP contribution in [0.1, 0.15) is 49.7 Å². The summed E-state index contributed by atoms with van der Waals surface area (Å²) in [4.78, 5) is 26.0. The summed E-state index contributed by atoms with van der Waals surface area (Å²) >= 11 is 0. The summed E-state index contributed by atoms with van der Waals surface area (Å²) in [5.41, 5.74) is 0.981. The van der Waals surface area contributed by atoms with Gasteiger partial charge in [0.1, 0.15) is 5.69 Å². The molecule has 188 valence electrons. The Hall–Kier alpha value is -3.33. The molecule has 3 rings (SSSR count). The third kappa shape index (κ3) is 5.51. The van der Waals surface area contributed by atoms with Gasteiger partial charge in [-0.2, -0.15) is 0 Å². The molecule has 3 aromatic rings. The molecular weight excluding hydrogens is 464 g/mol. The van der Waals surface area contributed by atoms with Crippen molar-refractivity contribution in [2.75, 3.05) is 11.4 Å². The Morgan fingerprint density at radius 2 is 1.69 bits per heavy atom. The van der Waals surface area contributed by atoms with Crippen molar-refractivity contribution in [1.29, 1.82) is 0 Å². The minimum Gasteiger partial charge on any atom is -0.350 e. The van der Waals surface area contributed by atoms with E-state index >= 15 is 0 Å². The first-order chi connectivity index (χ1) is 16.4. The molecule has 1 amide bonds. The van der Waals surface area contributed by atoms with E-state index in [9.17, 15) is 18.0 Å². The SMILES string of the molecule is Cc1c(N(C)S(=O)(=O)c2cccc(C(=O)NC(C)CCC(C)C)c2)c(=O)n(-c2ccccc2)n1C. The van der Waals surface area contributed by atoms with E-state index in [1.54, 1.807) is 36.9 Å². The van der Waals surface area contributed by atoms with E-state index in [0.29, 0.717) is 17.3 Å². The number of para-hydroxylation sites is 1. The second-order valence-corrected chi connectivity index (χ2v) is 11.2. The van der Waals surface area contributed by atoms with Crippen LogP contribution in [0.4, 0.5) is 5.69 Å². The molecule has 0 saturated heterocycles. The van der Waals surface area contributed by atoms with Crippen molar-refractivity contribution in [3.63, 3.8) is 0 Å². The van der Waals surface area contributed by atoms with Gasteiger partial charge in [0.15, 0.2) is 0 Å². The van der Waals surface area contributed by atoms with E-state index in [2.05, 4.69) is 19.2 Å². The summed E-state index contributed by atoms with van der Waals surface area (Å²) in [6, 6.07) is 14.9. The molecule has 2 aromatic carbocycles. The van der Waals surface area contributed by atoms with Crippen LogP contribution in [-0.4, -0.2) is 36.8 Å². The van der Waals surface area contributed by atoms with Gasteiger partial charge >= 0.3 is 0 Å². The van der Waals surface area contributed by atoms with Gasteiger partial charge in [0.2, 0.25) is 0 Å². The Bertz CT molecular complexity index is 1360. The molecule has 0 radical (unpaired) electrons. The van der Waals surface area contributed by atoms with Crippen LogP contribution in [0, 0.1) is 12.8 Å². The molecule has 0 fully saturated rings. The summed E-state index contributed by atoms with van der Waals surface area (Å²) in [5.74, 6) is 0.203. The number of rotatable bonds is 9. The van der Waals surface area contributed by atoms with E-state index in [1.807, 2.05) is 25.1 Å². The minimum absolute atomic E-state index is 0.0312. The highest BCUT2D eigenvalue weighted by molar-refractivity contribution is 7.92. The molecule has 35 heavy (non-hydrogen) atoms. The van der Waals surface area contributed by atoms with Gasteiger partial charge < -0.3 is 5.32 Å². The summed E-state index contributed by atoms with van der Waals surface area (Å²) < 4.78 is 31.1. The van der Waals surface area contributed by atoms with Gasteiger partial charge in [-0.3, -0.25) is 18.6 Å². The minimum atomic E-state index is -4.10. The van der Waals surface area contributed by atoms with Crippen molar-refractivity contribution < 1.29 is 13.2 Å². The molecule has 1 aromatic heterocycles. The lowest BCUT2D eigenvalue weighted by molar-refractivity contribution is 0.0937. The summed E-state index contributed by atoms with van der Waals surface area (Å²) in [6.07, 6.45) is 1.82. The largest absolute Gasteiger partial charge is 0.350 e. The Morgan fingerprint density at radius 3 is 2.31 bits per heavy atom. The van der Waals surface area contributed by atoms with E-state index < -0.39 is 15.6 Å². The number of sulfonamides is 1. The van der Waals surface area contributed by atoms with Gasteiger partial charge in [0.25, 0.3) is 21.5 Å². The van der Waals surface area contributed by atoms with Crippen LogP contribution in [0.15, 0.2) is 64.3 Å². The van der Waals surface area contributed by atoms with Gasteiger partial charge in [-0.1, -0.05) is 38.1 Å². The zero-order valence-electron chi connectivity index (χ0n) is 21.1. The summed E-state index contributed by atoms with van der Waals surface area (Å²) in [5, 5.41) is 2.93. The first-order valence-electron chi connectivity index (χ1n) is 11.7. The zero-order valence-corrected chi connectivity index (χ0v) is 22.0. The van der Waals surface area contributed by atoms with E-state index in [1.165, 1.54) is 29.9 Å². The Morgan fingerprint density at radius 1 is 1.03 bits per heavy atom. The molecular formula is C26H34N4O4S. The smallest absolute Gasteiger partial charge is 0.296 e. The van der Waals surface area contributed by atoms with Crippen molar-refractivity contribution in [1.82, 2.24) is 14.7 Å². The maximum atomic E-state index is 13.5. The first-order valence-corrected chi connectivity index (χ1v) is 13.1. The highest BCUT2D eigenvalue weighted by Gasteiger charge is 2.29. The third-order valence-corrected chi connectivity index (χ3v) is 7.90. The van der Waals surface area contributed by atoms with E-state index in [0.717, 1.165) is 17.1 Å². The second-order valence-electron chi connectivity index (χ2n) is 9.26. The lowest BCUT2D eigenvalue weighted by Crippen LogP contribution is -2.33. The molecule has 1 atom stereocenters. The first kappa shape index (κ1) is 26.3. The zero-order chi connectivity index (χ0) is 25.9. The number of hydrogen-bond acceptors (Lipinski definition) is 4. The monoisotopic (exact) mass is 498 g/mol. The molecule has 0 spiro atoms. The number of anilines is 1. The predicted octanol–water partition coefficient (Wildman–Crippen LogP) is 3.86. The van der Waals surface area contributed by atoms with Crippen LogP contribution in [0.2, 0.25) is 0 Å². The fourth-order valence-corrected chi connectivity index (χ4v) is 5.25. The normalized spacial score (nSPS) is 12.5. The number of benzene rings is 2. The average Bonchev–Trinajstić information content (AvgIpc) is 3.05. The molecule has 0 aliphatic heterocycles. The van der Waals surface area contributed by atoms with Crippen LogP contribution in [0.25, 0.3) is 5.69 Å². The van der Waals surface area contributed by atoms with Crippen LogP contribution in [0.5, 0.6) is 0 Å². The topological polar surface area (TPSA) is 93.4 Å². The van der Waals surface area contributed by atoms with Crippen LogP contribution < -0.4 is 15.2 Å². The lowest BCUT2D eigenvalue weighted by atomic mass is 10.0. The second kappa shape index (κ2) is 10.5. The van der Waals surface area contributed by atoms with E-state index in [-0.39, 0.29) is 28.1 Å². The highest BCUT2D eigenvalue weighted by atomic mass is 32.2. The Labute approximate surface area is 207 Å². The summed E-state index contributed by atoms with van der Waals surface area (Å²) in [7, 11) is -1.04. The highest BCUT2D eigenvalue weighted by Crippen LogP contribution is 2.24. The van der Waals surface area contributed by atoms with Gasteiger partial charge in [-0.15, -0.1) is 0 Å². The van der Waals surface area contributed by atoms with Gasteiger partial charge in [-0.05, 0) is 62.9 Å². The van der Waals surface area contributed by atoms with Crippen molar-refractivity contribution >= 4 is 21.6 Å². The van der Waals surface area contributed by atoms with Crippen molar-refractivity contribution in [3.8, 4) is 5.69 Å². The van der Waals surface area contributed by atoms with Crippen LogP contribution in [-0.2, 0) is 17.1 Å². The van der Waals surface area contributed by atoms with Gasteiger partial charge in [0.05, 0.1) is 16.3 Å². The number of hydrogen-bond donors (Lipinski definition) is 1. The average molecular weight is 499 g/mol. The van der Waals surface area contributed by atoms with Crippen molar-refractivity contribution in [2.45, 2.75) is 51.5 Å². The number of nitrogens with one attached hydrogen (secondary N) is 1. The van der Waals surface area contributed by atoms with Gasteiger partial charge in [0, 0.05) is 25.7 Å². The number of nitrogens with zero attached hydrogens (tertiary/aromatic N) is 3. The number of amides is 1. The molecule has 8 nitrogen and oxygen atoms in total. The maximum absolute atomic E-state index is 13.5. The fourth-order valence-electron chi connectivity index (χ4n) is 3.96. The molecule has 0 saturated carbocycles. The van der Waals surface area contributed by atoms with Crippen LogP contribution in [0.3, 0.4) is 0 Å². The molecule has 9 heteroatoms. The number of carbonyl (C=O) groups is 1. The predicted molar refractivity (Wildman–Crippen MR) is 139 cm³/mol. The maximum Gasteiger partial charge on any atom is 0.296 e. The Kier molecular flexibility index (Phi) is 7.90. The summed E-state index contributed by atoms with van der Waals surface area (Å²) in [6.45, 7) is 7.89. The van der Waals surface area contributed by atoms with Gasteiger partial charge in [-0.25, -0.2) is 13.1 Å². The van der Waals surface area contributed by atoms with E-state index in [4.69, 9.17) is 0 Å². The molecule has 0 aliphatic rings. The fraction of sp³-hybridized carbons (Fsp3) is 0.385. The standard InChI is InChI=1S/C26H34N4O4S/c1-18(2)15-16-19(3)27-25(31)21-11-10-14-23(17-21)35(33,34)29(6)24-20(4)28(5)30(26(24)32)22-12-8-7-9-13-22/h7-14,17-19H,15-16H2,1-6H3,(H,27,31). The number of carbonyl (C=O) groups excluding carboxylic acids is 1. The quantitative estimate of drug-likeness (QED) is 0.485. The Balaban J connectivity index is 1.92. The lowest BCUT2D eigenvalue weighted by Gasteiger charge is -2.19. The van der Waals surface area contributed by atoms with Crippen LogP contribution >= 0.6 is 0 Å². The number of aromatic nitrogens is 2. The van der Waals surface area contributed by atoms with Crippen molar-refractivity contribution in [3.05, 3.63) is 76.2 Å².